The highest BCUT2D eigenvalue weighted by molar-refractivity contribution is 5.94. The summed E-state index contributed by atoms with van der Waals surface area (Å²) in [6, 6.07) is 13.3. The highest BCUT2D eigenvalue weighted by Gasteiger charge is 2.31. The second kappa shape index (κ2) is 9.21. The molecule has 7 heteroatoms. The van der Waals surface area contributed by atoms with Crippen molar-refractivity contribution in [3.63, 3.8) is 0 Å². The van der Waals surface area contributed by atoms with E-state index < -0.39 is 29.5 Å². The summed E-state index contributed by atoms with van der Waals surface area (Å²) in [5.41, 5.74) is -0.127. The number of alkyl halides is 3. The van der Waals surface area contributed by atoms with Crippen molar-refractivity contribution in [2.24, 2.45) is 5.92 Å². The number of rotatable bonds is 7. The van der Waals surface area contributed by atoms with Crippen LogP contribution in [0.2, 0.25) is 0 Å². The van der Waals surface area contributed by atoms with Crippen LogP contribution in [-0.4, -0.2) is 25.0 Å². The zero-order valence-corrected chi connectivity index (χ0v) is 14.8. The molecule has 4 nitrogen and oxygen atoms in total. The van der Waals surface area contributed by atoms with Gasteiger partial charge in [-0.25, -0.2) is 0 Å². The maximum absolute atomic E-state index is 12.8. The number of halogens is 3. The van der Waals surface area contributed by atoms with E-state index in [0.29, 0.717) is 6.42 Å². The van der Waals surface area contributed by atoms with Gasteiger partial charge in [-0.1, -0.05) is 36.4 Å². The Morgan fingerprint density at radius 2 is 1.78 bits per heavy atom. The molecule has 1 amide bonds. The molecular formula is C20H20F3NO3. The zero-order chi connectivity index (χ0) is 19.9. The normalized spacial score (nSPS) is 12.3. The van der Waals surface area contributed by atoms with Crippen molar-refractivity contribution in [2.75, 3.05) is 13.2 Å². The molecule has 0 saturated heterocycles. The number of ether oxygens (including phenoxy) is 1. The molecule has 27 heavy (non-hydrogen) atoms. The molecule has 0 saturated carbocycles. The van der Waals surface area contributed by atoms with Crippen molar-refractivity contribution < 1.29 is 27.5 Å². The molecule has 0 unspecified atom stereocenters. The Bertz CT molecular complexity index is 776. The first-order valence-electron chi connectivity index (χ1n) is 8.47. The van der Waals surface area contributed by atoms with Crippen LogP contribution in [0, 0.1) is 5.92 Å². The SMILES string of the molecule is CCOC(=O)[C@H](CNC(=O)c1cccc(C(F)(F)F)c1)Cc1ccccc1. The van der Waals surface area contributed by atoms with Gasteiger partial charge in [0.1, 0.15) is 0 Å². The van der Waals surface area contributed by atoms with E-state index in [0.717, 1.165) is 17.7 Å². The fourth-order valence-corrected chi connectivity index (χ4v) is 2.55. The number of carbonyl (C=O) groups excluding carboxylic acids is 2. The molecule has 0 fully saturated rings. The largest absolute Gasteiger partial charge is 0.466 e. The van der Waals surface area contributed by atoms with Crippen LogP contribution in [0.15, 0.2) is 54.6 Å². The third-order valence-corrected chi connectivity index (χ3v) is 3.91. The van der Waals surface area contributed by atoms with Crippen molar-refractivity contribution in [2.45, 2.75) is 19.5 Å². The first-order chi connectivity index (χ1) is 12.8. The van der Waals surface area contributed by atoms with E-state index in [1.807, 2.05) is 30.3 Å². The van der Waals surface area contributed by atoms with Gasteiger partial charge in [0.25, 0.3) is 5.91 Å². The Hall–Kier alpha value is -2.83. The highest BCUT2D eigenvalue weighted by atomic mass is 19.4. The maximum Gasteiger partial charge on any atom is 0.416 e. The number of hydrogen-bond acceptors (Lipinski definition) is 3. The van der Waals surface area contributed by atoms with E-state index in [9.17, 15) is 22.8 Å². The topological polar surface area (TPSA) is 55.4 Å². The van der Waals surface area contributed by atoms with Gasteiger partial charge in [-0.2, -0.15) is 13.2 Å². The Balaban J connectivity index is 2.07. The molecule has 144 valence electrons. The van der Waals surface area contributed by atoms with Crippen molar-refractivity contribution >= 4 is 11.9 Å². The van der Waals surface area contributed by atoms with E-state index in [1.165, 1.54) is 12.1 Å². The first kappa shape index (κ1) is 20.5. The third kappa shape index (κ3) is 6.13. The summed E-state index contributed by atoms with van der Waals surface area (Å²) >= 11 is 0. The average Bonchev–Trinajstić information content (AvgIpc) is 2.65. The molecule has 2 aromatic carbocycles. The van der Waals surface area contributed by atoms with Gasteiger partial charge < -0.3 is 10.1 Å². The predicted octanol–water partition coefficient (Wildman–Crippen LogP) is 3.86. The maximum atomic E-state index is 12.8. The van der Waals surface area contributed by atoms with Crippen LogP contribution >= 0.6 is 0 Å². The lowest BCUT2D eigenvalue weighted by Gasteiger charge is -2.17. The lowest BCUT2D eigenvalue weighted by Crippen LogP contribution is -2.35. The van der Waals surface area contributed by atoms with E-state index in [1.54, 1.807) is 6.92 Å². The molecule has 0 aliphatic rings. The number of nitrogens with one attached hydrogen (secondary N) is 1. The monoisotopic (exact) mass is 379 g/mol. The summed E-state index contributed by atoms with van der Waals surface area (Å²) in [5, 5.41) is 2.53. The van der Waals surface area contributed by atoms with Crippen molar-refractivity contribution in [3.05, 3.63) is 71.3 Å². The Labute approximate surface area is 155 Å². The van der Waals surface area contributed by atoms with Gasteiger partial charge in [-0.15, -0.1) is 0 Å². The van der Waals surface area contributed by atoms with Gasteiger partial charge in [-0.3, -0.25) is 9.59 Å². The summed E-state index contributed by atoms with van der Waals surface area (Å²) in [7, 11) is 0. The molecule has 1 N–H and O–H groups in total. The van der Waals surface area contributed by atoms with Crippen LogP contribution in [0.4, 0.5) is 13.2 Å². The second-order valence-electron chi connectivity index (χ2n) is 5.93. The van der Waals surface area contributed by atoms with Crippen molar-refractivity contribution in [1.82, 2.24) is 5.32 Å². The van der Waals surface area contributed by atoms with Crippen molar-refractivity contribution in [1.29, 1.82) is 0 Å². The van der Waals surface area contributed by atoms with Gasteiger partial charge in [0.2, 0.25) is 0 Å². The number of esters is 1. The minimum Gasteiger partial charge on any atom is -0.466 e. The molecule has 0 aliphatic carbocycles. The van der Waals surface area contributed by atoms with Crippen LogP contribution in [0.1, 0.15) is 28.4 Å². The molecule has 2 rings (SSSR count). The van der Waals surface area contributed by atoms with Crippen LogP contribution in [0.3, 0.4) is 0 Å². The number of benzene rings is 2. The molecule has 0 aliphatic heterocycles. The summed E-state index contributed by atoms with van der Waals surface area (Å²) in [5.74, 6) is -1.78. The molecule has 0 spiro atoms. The number of carbonyl (C=O) groups is 2. The molecule has 0 aromatic heterocycles. The quantitative estimate of drug-likeness (QED) is 0.744. The summed E-state index contributed by atoms with van der Waals surface area (Å²) in [6.45, 7) is 1.84. The van der Waals surface area contributed by atoms with Gasteiger partial charge in [0.15, 0.2) is 0 Å². The van der Waals surface area contributed by atoms with Crippen molar-refractivity contribution in [3.8, 4) is 0 Å². The second-order valence-corrected chi connectivity index (χ2v) is 5.93. The molecule has 1 atom stereocenters. The number of amides is 1. The fourth-order valence-electron chi connectivity index (χ4n) is 2.55. The van der Waals surface area contributed by atoms with E-state index >= 15 is 0 Å². The summed E-state index contributed by atoms with van der Waals surface area (Å²) < 4.78 is 43.4. The first-order valence-corrected chi connectivity index (χ1v) is 8.47. The molecule has 2 aromatic rings. The molecule has 0 bridgehead atoms. The van der Waals surface area contributed by atoms with Crippen LogP contribution in [0.25, 0.3) is 0 Å². The minimum absolute atomic E-state index is 0.0389. The minimum atomic E-state index is -4.53. The van der Waals surface area contributed by atoms with Gasteiger partial charge in [0.05, 0.1) is 18.1 Å². The summed E-state index contributed by atoms with van der Waals surface area (Å²) in [6.07, 6.45) is -4.18. The Morgan fingerprint density at radius 1 is 1.07 bits per heavy atom. The molecular weight excluding hydrogens is 359 g/mol. The van der Waals surface area contributed by atoms with Crippen LogP contribution in [-0.2, 0) is 22.1 Å². The third-order valence-electron chi connectivity index (χ3n) is 3.91. The molecule has 0 heterocycles. The standard InChI is InChI=1S/C20H20F3NO3/c1-2-27-19(26)16(11-14-7-4-3-5-8-14)13-24-18(25)15-9-6-10-17(12-15)20(21,22)23/h3-10,12,16H,2,11,13H2,1H3,(H,24,25)/t16-/m0/s1. The average molecular weight is 379 g/mol. The fraction of sp³-hybridized carbons (Fsp3) is 0.300. The van der Waals surface area contributed by atoms with Crippen LogP contribution in [0.5, 0.6) is 0 Å². The summed E-state index contributed by atoms with van der Waals surface area (Å²) in [4.78, 5) is 24.4. The zero-order valence-electron chi connectivity index (χ0n) is 14.8. The van der Waals surface area contributed by atoms with Gasteiger partial charge in [-0.05, 0) is 37.1 Å². The van der Waals surface area contributed by atoms with E-state index in [2.05, 4.69) is 5.32 Å². The van der Waals surface area contributed by atoms with E-state index in [-0.39, 0.29) is 18.7 Å². The van der Waals surface area contributed by atoms with Gasteiger partial charge >= 0.3 is 12.1 Å². The van der Waals surface area contributed by atoms with Gasteiger partial charge in [0, 0.05) is 12.1 Å². The number of hydrogen-bond donors (Lipinski definition) is 1. The molecule has 0 radical (unpaired) electrons. The highest BCUT2D eigenvalue weighted by Crippen LogP contribution is 2.29. The Morgan fingerprint density at radius 3 is 2.41 bits per heavy atom. The van der Waals surface area contributed by atoms with Crippen LogP contribution < -0.4 is 5.32 Å². The predicted molar refractivity (Wildman–Crippen MR) is 94.0 cm³/mol. The Kier molecular flexibility index (Phi) is 6.98. The lowest BCUT2D eigenvalue weighted by atomic mass is 9.99. The smallest absolute Gasteiger partial charge is 0.416 e. The lowest BCUT2D eigenvalue weighted by molar-refractivity contribution is -0.147. The van der Waals surface area contributed by atoms with E-state index in [4.69, 9.17) is 4.74 Å².